The Hall–Kier alpha value is -3.08. The second-order valence-corrected chi connectivity index (χ2v) is 6.12. The largest absolute Gasteiger partial charge is 0.322 e. The maximum Gasteiger partial charge on any atom is 0.255 e. The van der Waals surface area contributed by atoms with Crippen LogP contribution in [0, 0.1) is 0 Å². The van der Waals surface area contributed by atoms with Crippen molar-refractivity contribution in [1.82, 2.24) is 9.97 Å². The fourth-order valence-corrected chi connectivity index (χ4v) is 2.83. The lowest BCUT2D eigenvalue weighted by atomic mass is 10.1. The summed E-state index contributed by atoms with van der Waals surface area (Å²) in [5.74, 6) is -0.226. The van der Waals surface area contributed by atoms with Gasteiger partial charge >= 0.3 is 0 Å². The molecule has 0 atom stereocenters. The number of nitrogens with one attached hydrogen (secondary N) is 1. The van der Waals surface area contributed by atoms with Crippen LogP contribution in [0.3, 0.4) is 0 Å². The number of rotatable bonds is 5. The van der Waals surface area contributed by atoms with Gasteiger partial charge in [-0.15, -0.1) is 0 Å². The van der Waals surface area contributed by atoms with Gasteiger partial charge in [-0.05, 0) is 62.2 Å². The second kappa shape index (κ2) is 7.44. The Bertz CT molecular complexity index is 978. The van der Waals surface area contributed by atoms with Crippen molar-refractivity contribution in [3.63, 3.8) is 0 Å². The molecule has 1 N–H and O–H groups in total. The second-order valence-electron chi connectivity index (χ2n) is 6.12. The molecule has 0 saturated carbocycles. The van der Waals surface area contributed by atoms with Gasteiger partial charge in [-0.1, -0.05) is 13.8 Å². The lowest BCUT2D eigenvalue weighted by Crippen LogP contribution is -2.12. The third kappa shape index (κ3) is 3.61. The van der Waals surface area contributed by atoms with Crippen molar-refractivity contribution in [3.05, 3.63) is 65.0 Å². The molecule has 2 aromatic carbocycles. The van der Waals surface area contributed by atoms with E-state index in [2.05, 4.69) is 29.1 Å². The summed E-state index contributed by atoms with van der Waals surface area (Å²) in [5.41, 5.74) is 5.26. The Morgan fingerprint density at radius 3 is 2.00 bits per heavy atom. The number of anilines is 1. The molecule has 5 heteroatoms. The van der Waals surface area contributed by atoms with Crippen molar-refractivity contribution < 1.29 is 9.59 Å². The van der Waals surface area contributed by atoms with Crippen molar-refractivity contribution in [3.8, 4) is 0 Å². The molecule has 1 aromatic heterocycles. The van der Waals surface area contributed by atoms with Gasteiger partial charge in [-0.2, -0.15) is 0 Å². The summed E-state index contributed by atoms with van der Waals surface area (Å²) in [6, 6.07) is 12.2. The maximum absolute atomic E-state index is 12.5. The molecule has 3 rings (SSSR count). The SMILES string of the molecule is CCc1nc2ccc(C(=O)Nc3ccc(C(C)=O)cc3)cc2nc1CC. The number of aromatic nitrogens is 2. The highest BCUT2D eigenvalue weighted by molar-refractivity contribution is 6.06. The van der Waals surface area contributed by atoms with Crippen LogP contribution < -0.4 is 5.32 Å². The third-order valence-electron chi connectivity index (χ3n) is 4.30. The molecule has 0 aliphatic rings. The maximum atomic E-state index is 12.5. The molecule has 132 valence electrons. The van der Waals surface area contributed by atoms with E-state index in [0.29, 0.717) is 16.8 Å². The minimum Gasteiger partial charge on any atom is -0.322 e. The molecular formula is C21H21N3O2. The van der Waals surface area contributed by atoms with Gasteiger partial charge in [0.05, 0.1) is 22.4 Å². The van der Waals surface area contributed by atoms with Gasteiger partial charge in [0.2, 0.25) is 0 Å². The van der Waals surface area contributed by atoms with Gasteiger partial charge in [0.1, 0.15) is 0 Å². The Labute approximate surface area is 152 Å². The first-order valence-corrected chi connectivity index (χ1v) is 8.73. The Morgan fingerprint density at radius 1 is 0.846 bits per heavy atom. The summed E-state index contributed by atoms with van der Waals surface area (Å²) in [6.45, 7) is 5.63. The summed E-state index contributed by atoms with van der Waals surface area (Å²) in [6.07, 6.45) is 1.65. The van der Waals surface area contributed by atoms with E-state index in [1.807, 2.05) is 6.07 Å². The van der Waals surface area contributed by atoms with Gasteiger partial charge in [0.15, 0.2) is 5.78 Å². The van der Waals surface area contributed by atoms with Crippen LogP contribution in [0.25, 0.3) is 11.0 Å². The molecule has 3 aromatic rings. The molecule has 0 unspecified atom stereocenters. The van der Waals surface area contributed by atoms with Crippen LogP contribution in [-0.2, 0) is 12.8 Å². The van der Waals surface area contributed by atoms with Crippen molar-refractivity contribution in [2.75, 3.05) is 5.32 Å². The van der Waals surface area contributed by atoms with E-state index >= 15 is 0 Å². The molecule has 0 radical (unpaired) electrons. The standard InChI is InChI=1S/C21H21N3O2/c1-4-17-18(5-2)24-20-12-15(8-11-19(20)23-17)21(26)22-16-9-6-14(7-10-16)13(3)25/h6-12H,4-5H2,1-3H3,(H,22,26). The van der Waals surface area contributed by atoms with Crippen molar-refractivity contribution in [2.24, 2.45) is 0 Å². The number of ketones is 1. The predicted molar refractivity (Wildman–Crippen MR) is 103 cm³/mol. The summed E-state index contributed by atoms with van der Waals surface area (Å²) >= 11 is 0. The average Bonchev–Trinajstić information content (AvgIpc) is 2.66. The highest BCUT2D eigenvalue weighted by Crippen LogP contribution is 2.18. The molecule has 0 bridgehead atoms. The lowest BCUT2D eigenvalue weighted by molar-refractivity contribution is 0.101. The van der Waals surface area contributed by atoms with Crippen molar-refractivity contribution >= 4 is 28.4 Å². The van der Waals surface area contributed by atoms with Gasteiger partial charge < -0.3 is 5.32 Å². The molecule has 1 amide bonds. The summed E-state index contributed by atoms with van der Waals surface area (Å²) < 4.78 is 0. The molecule has 1 heterocycles. The highest BCUT2D eigenvalue weighted by Gasteiger charge is 2.11. The first-order valence-electron chi connectivity index (χ1n) is 8.73. The summed E-state index contributed by atoms with van der Waals surface area (Å²) in [4.78, 5) is 33.2. The lowest BCUT2D eigenvalue weighted by Gasteiger charge is -2.09. The Kier molecular flexibility index (Phi) is 5.07. The number of fused-ring (bicyclic) bond motifs is 1. The van der Waals surface area contributed by atoms with E-state index in [1.54, 1.807) is 36.4 Å². The van der Waals surface area contributed by atoms with E-state index in [9.17, 15) is 9.59 Å². The molecule has 0 aliphatic carbocycles. The first kappa shape index (κ1) is 17.7. The van der Waals surface area contributed by atoms with Crippen molar-refractivity contribution in [2.45, 2.75) is 33.6 Å². The molecule has 26 heavy (non-hydrogen) atoms. The minimum atomic E-state index is -0.220. The highest BCUT2D eigenvalue weighted by atomic mass is 16.1. The normalized spacial score (nSPS) is 10.7. The molecule has 0 spiro atoms. The molecule has 0 saturated heterocycles. The first-order chi connectivity index (χ1) is 12.5. The number of hydrogen-bond donors (Lipinski definition) is 1. The van der Waals surface area contributed by atoms with Gasteiger partial charge in [0, 0.05) is 16.8 Å². The molecule has 5 nitrogen and oxygen atoms in total. The number of carbonyl (C=O) groups excluding carboxylic acids is 2. The van der Waals surface area contributed by atoms with Crippen LogP contribution in [0.2, 0.25) is 0 Å². The van der Waals surface area contributed by atoms with Crippen molar-refractivity contribution in [1.29, 1.82) is 0 Å². The van der Waals surface area contributed by atoms with Gasteiger partial charge in [0.25, 0.3) is 5.91 Å². The topological polar surface area (TPSA) is 72.0 Å². The summed E-state index contributed by atoms with van der Waals surface area (Å²) in [5, 5.41) is 2.84. The number of carbonyl (C=O) groups is 2. The fourth-order valence-electron chi connectivity index (χ4n) is 2.83. The smallest absolute Gasteiger partial charge is 0.255 e. The van der Waals surface area contributed by atoms with Crippen LogP contribution in [0.5, 0.6) is 0 Å². The number of hydrogen-bond acceptors (Lipinski definition) is 4. The van der Waals surface area contributed by atoms with E-state index in [-0.39, 0.29) is 11.7 Å². The van der Waals surface area contributed by atoms with E-state index < -0.39 is 0 Å². The molecule has 0 fully saturated rings. The predicted octanol–water partition coefficient (Wildman–Crippen LogP) is 4.21. The van der Waals surface area contributed by atoms with Gasteiger partial charge in [-0.3, -0.25) is 9.59 Å². The fraction of sp³-hybridized carbons (Fsp3) is 0.238. The Morgan fingerprint density at radius 2 is 1.42 bits per heavy atom. The zero-order chi connectivity index (χ0) is 18.7. The van der Waals surface area contributed by atoms with Crippen LogP contribution in [0.4, 0.5) is 5.69 Å². The van der Waals surface area contributed by atoms with E-state index in [1.165, 1.54) is 6.92 Å². The number of aryl methyl sites for hydroxylation is 2. The van der Waals surface area contributed by atoms with E-state index in [4.69, 9.17) is 0 Å². The molecular weight excluding hydrogens is 326 g/mol. The van der Waals surface area contributed by atoms with Crippen LogP contribution in [-0.4, -0.2) is 21.7 Å². The number of nitrogens with zero attached hydrogens (tertiary/aromatic N) is 2. The number of benzene rings is 2. The minimum absolute atomic E-state index is 0.00541. The van der Waals surface area contributed by atoms with E-state index in [0.717, 1.165) is 35.3 Å². The van der Waals surface area contributed by atoms with Crippen LogP contribution in [0.1, 0.15) is 52.9 Å². The number of Topliss-reactive ketones (excluding diaryl/α,β-unsaturated/α-hetero) is 1. The average molecular weight is 347 g/mol. The van der Waals surface area contributed by atoms with Crippen LogP contribution >= 0.6 is 0 Å². The number of amides is 1. The Balaban J connectivity index is 1.87. The third-order valence-corrected chi connectivity index (χ3v) is 4.30. The molecule has 0 aliphatic heterocycles. The zero-order valence-corrected chi connectivity index (χ0v) is 15.2. The van der Waals surface area contributed by atoms with Crippen LogP contribution in [0.15, 0.2) is 42.5 Å². The summed E-state index contributed by atoms with van der Waals surface area (Å²) in [7, 11) is 0. The monoisotopic (exact) mass is 347 g/mol. The zero-order valence-electron chi connectivity index (χ0n) is 15.2. The van der Waals surface area contributed by atoms with Gasteiger partial charge in [-0.25, -0.2) is 9.97 Å². The quantitative estimate of drug-likeness (QED) is 0.702.